The van der Waals surface area contributed by atoms with Crippen LogP contribution in [0.15, 0.2) is 54.9 Å². The van der Waals surface area contributed by atoms with Crippen molar-refractivity contribution in [3.05, 3.63) is 54.9 Å². The Labute approximate surface area is 119 Å². The Morgan fingerprint density at radius 1 is 1.10 bits per heavy atom. The summed E-state index contributed by atoms with van der Waals surface area (Å²) in [6, 6.07) is 14.8. The van der Waals surface area contributed by atoms with Crippen LogP contribution in [0.1, 0.15) is 13.8 Å². The van der Waals surface area contributed by atoms with Gasteiger partial charge in [-0.25, -0.2) is 4.98 Å². The van der Waals surface area contributed by atoms with Crippen molar-refractivity contribution in [1.29, 1.82) is 0 Å². The summed E-state index contributed by atoms with van der Waals surface area (Å²) >= 11 is 0. The van der Waals surface area contributed by atoms with Gasteiger partial charge < -0.3 is 5.32 Å². The molecule has 0 fully saturated rings. The molecule has 0 spiro atoms. The van der Waals surface area contributed by atoms with E-state index < -0.39 is 0 Å². The molecule has 3 aromatic rings. The SMILES string of the molecule is CC(C)CNc1nccn1-c1cccc2ccccc12. The van der Waals surface area contributed by atoms with Gasteiger partial charge in [0.15, 0.2) is 0 Å². The number of imidazole rings is 1. The van der Waals surface area contributed by atoms with Crippen molar-refractivity contribution in [3.8, 4) is 5.69 Å². The predicted molar refractivity (Wildman–Crippen MR) is 84.4 cm³/mol. The van der Waals surface area contributed by atoms with Crippen molar-refractivity contribution in [2.45, 2.75) is 13.8 Å². The van der Waals surface area contributed by atoms with Crippen LogP contribution in [0.2, 0.25) is 0 Å². The maximum absolute atomic E-state index is 4.42. The second-order valence-corrected chi connectivity index (χ2v) is 5.39. The van der Waals surface area contributed by atoms with E-state index in [1.807, 2.05) is 12.4 Å². The van der Waals surface area contributed by atoms with Gasteiger partial charge in [-0.3, -0.25) is 4.57 Å². The number of aromatic nitrogens is 2. The van der Waals surface area contributed by atoms with Gasteiger partial charge in [0, 0.05) is 24.3 Å². The maximum atomic E-state index is 4.42. The van der Waals surface area contributed by atoms with E-state index in [1.54, 1.807) is 0 Å². The number of anilines is 1. The van der Waals surface area contributed by atoms with Gasteiger partial charge in [0.1, 0.15) is 0 Å². The first-order valence-corrected chi connectivity index (χ1v) is 7.01. The Kier molecular flexibility index (Phi) is 3.42. The normalized spacial score (nSPS) is 11.2. The minimum Gasteiger partial charge on any atom is -0.355 e. The molecule has 102 valence electrons. The maximum Gasteiger partial charge on any atom is 0.207 e. The lowest BCUT2D eigenvalue weighted by Gasteiger charge is -2.13. The molecule has 3 rings (SSSR count). The molecule has 3 nitrogen and oxygen atoms in total. The zero-order chi connectivity index (χ0) is 13.9. The fourth-order valence-corrected chi connectivity index (χ4v) is 2.34. The van der Waals surface area contributed by atoms with Gasteiger partial charge in [-0.15, -0.1) is 0 Å². The van der Waals surface area contributed by atoms with E-state index in [0.29, 0.717) is 5.92 Å². The molecule has 0 aliphatic carbocycles. The van der Waals surface area contributed by atoms with Crippen LogP contribution in [0, 0.1) is 5.92 Å². The van der Waals surface area contributed by atoms with E-state index in [9.17, 15) is 0 Å². The molecule has 0 saturated heterocycles. The van der Waals surface area contributed by atoms with Gasteiger partial charge in [0.2, 0.25) is 5.95 Å². The summed E-state index contributed by atoms with van der Waals surface area (Å²) in [7, 11) is 0. The fourth-order valence-electron chi connectivity index (χ4n) is 2.34. The third-order valence-corrected chi connectivity index (χ3v) is 3.34. The van der Waals surface area contributed by atoms with Gasteiger partial charge in [-0.1, -0.05) is 50.2 Å². The highest BCUT2D eigenvalue weighted by atomic mass is 15.2. The highest BCUT2D eigenvalue weighted by Crippen LogP contribution is 2.24. The van der Waals surface area contributed by atoms with Crippen molar-refractivity contribution in [2.24, 2.45) is 5.92 Å². The monoisotopic (exact) mass is 265 g/mol. The van der Waals surface area contributed by atoms with Crippen LogP contribution >= 0.6 is 0 Å². The zero-order valence-corrected chi connectivity index (χ0v) is 11.9. The topological polar surface area (TPSA) is 29.9 Å². The van der Waals surface area contributed by atoms with Crippen LogP contribution in [0.5, 0.6) is 0 Å². The minimum absolute atomic E-state index is 0.590. The van der Waals surface area contributed by atoms with Crippen LogP contribution in [-0.4, -0.2) is 16.1 Å². The molecule has 0 aliphatic heterocycles. The van der Waals surface area contributed by atoms with Gasteiger partial charge in [0.25, 0.3) is 0 Å². The summed E-state index contributed by atoms with van der Waals surface area (Å²) in [5.41, 5.74) is 1.16. The Morgan fingerprint density at radius 3 is 2.75 bits per heavy atom. The van der Waals surface area contributed by atoms with E-state index in [1.165, 1.54) is 10.8 Å². The molecule has 3 heteroatoms. The first-order valence-electron chi connectivity index (χ1n) is 7.01. The summed E-state index contributed by atoms with van der Waals surface area (Å²) in [6.07, 6.45) is 3.84. The molecule has 0 bridgehead atoms. The quantitative estimate of drug-likeness (QED) is 0.770. The van der Waals surface area contributed by atoms with Crippen LogP contribution in [0.4, 0.5) is 5.95 Å². The van der Waals surface area contributed by atoms with Crippen LogP contribution < -0.4 is 5.32 Å². The molecule has 1 N–H and O–H groups in total. The smallest absolute Gasteiger partial charge is 0.207 e. The van der Waals surface area contributed by atoms with Gasteiger partial charge in [-0.05, 0) is 17.4 Å². The molecule has 0 unspecified atom stereocenters. The second kappa shape index (κ2) is 5.37. The van der Waals surface area contributed by atoms with E-state index in [0.717, 1.165) is 18.2 Å². The van der Waals surface area contributed by atoms with Crippen LogP contribution in [0.3, 0.4) is 0 Å². The highest BCUT2D eigenvalue weighted by Gasteiger charge is 2.08. The van der Waals surface area contributed by atoms with Crippen LogP contribution in [-0.2, 0) is 0 Å². The number of hydrogen-bond acceptors (Lipinski definition) is 2. The summed E-state index contributed by atoms with van der Waals surface area (Å²) in [5.74, 6) is 1.49. The third kappa shape index (κ3) is 2.39. The number of hydrogen-bond donors (Lipinski definition) is 1. The molecule has 20 heavy (non-hydrogen) atoms. The molecular weight excluding hydrogens is 246 g/mol. The molecule has 0 saturated carbocycles. The number of rotatable bonds is 4. The van der Waals surface area contributed by atoms with Crippen molar-refractivity contribution in [1.82, 2.24) is 9.55 Å². The molecule has 1 heterocycles. The number of nitrogens with one attached hydrogen (secondary N) is 1. The second-order valence-electron chi connectivity index (χ2n) is 5.39. The predicted octanol–water partition coefficient (Wildman–Crippen LogP) is 4.09. The van der Waals surface area contributed by atoms with E-state index in [-0.39, 0.29) is 0 Å². The lowest BCUT2D eigenvalue weighted by Crippen LogP contribution is -2.12. The molecule has 0 radical (unpaired) electrons. The summed E-state index contributed by atoms with van der Waals surface area (Å²) in [6.45, 7) is 5.30. The first-order chi connectivity index (χ1) is 9.75. The van der Waals surface area contributed by atoms with Crippen molar-refractivity contribution in [3.63, 3.8) is 0 Å². The Balaban J connectivity index is 2.05. The summed E-state index contributed by atoms with van der Waals surface area (Å²) in [5, 5.41) is 5.89. The summed E-state index contributed by atoms with van der Waals surface area (Å²) in [4.78, 5) is 4.42. The standard InChI is InChI=1S/C17H19N3/c1-13(2)12-19-17-18-10-11-20(17)16-9-5-7-14-6-3-4-8-15(14)16/h3-11,13H,12H2,1-2H3,(H,18,19). The summed E-state index contributed by atoms with van der Waals surface area (Å²) < 4.78 is 2.12. The lowest BCUT2D eigenvalue weighted by atomic mass is 10.1. The molecule has 2 aromatic carbocycles. The number of fused-ring (bicyclic) bond motifs is 1. The molecule has 1 aromatic heterocycles. The van der Waals surface area contributed by atoms with Crippen molar-refractivity contribution in [2.75, 3.05) is 11.9 Å². The molecule has 0 aliphatic rings. The first kappa shape index (κ1) is 12.7. The highest BCUT2D eigenvalue weighted by molar-refractivity contribution is 5.90. The fraction of sp³-hybridized carbons (Fsp3) is 0.235. The third-order valence-electron chi connectivity index (χ3n) is 3.34. The Morgan fingerprint density at radius 2 is 1.90 bits per heavy atom. The molecular formula is C17H19N3. The van der Waals surface area contributed by atoms with E-state index >= 15 is 0 Å². The molecule has 0 amide bonds. The Hall–Kier alpha value is -2.29. The number of benzene rings is 2. The van der Waals surface area contributed by atoms with E-state index in [4.69, 9.17) is 0 Å². The van der Waals surface area contributed by atoms with Crippen molar-refractivity contribution < 1.29 is 0 Å². The van der Waals surface area contributed by atoms with Crippen molar-refractivity contribution >= 4 is 16.7 Å². The Bertz CT molecular complexity index is 708. The van der Waals surface area contributed by atoms with Crippen LogP contribution in [0.25, 0.3) is 16.5 Å². The van der Waals surface area contributed by atoms with Gasteiger partial charge in [-0.2, -0.15) is 0 Å². The number of nitrogens with zero attached hydrogens (tertiary/aromatic N) is 2. The molecule has 0 atom stereocenters. The average Bonchev–Trinajstić information content (AvgIpc) is 2.92. The lowest BCUT2D eigenvalue weighted by molar-refractivity contribution is 0.683. The average molecular weight is 265 g/mol. The van der Waals surface area contributed by atoms with Gasteiger partial charge in [0.05, 0.1) is 5.69 Å². The zero-order valence-electron chi connectivity index (χ0n) is 11.9. The van der Waals surface area contributed by atoms with Gasteiger partial charge >= 0.3 is 0 Å². The largest absolute Gasteiger partial charge is 0.355 e. The minimum atomic E-state index is 0.590. The van der Waals surface area contributed by atoms with E-state index in [2.05, 4.69) is 71.2 Å².